The fraction of sp³-hybridized carbons (Fsp3) is 0.133. The van der Waals surface area contributed by atoms with Crippen molar-refractivity contribution in [3.8, 4) is 5.69 Å². The molecular weight excluding hydrogens is 241 g/mol. The molecule has 0 spiro atoms. The summed E-state index contributed by atoms with van der Waals surface area (Å²) in [4.78, 5) is 4.27. The maximum Gasteiger partial charge on any atom is 0.147 e. The van der Waals surface area contributed by atoms with E-state index in [1.54, 1.807) is 17.0 Å². The highest BCUT2D eigenvalue weighted by Crippen LogP contribution is 2.21. The first-order valence-corrected chi connectivity index (χ1v) is 6.20. The Hall–Kier alpha value is -2.20. The molecule has 0 aliphatic rings. The second kappa shape index (κ2) is 4.82. The van der Waals surface area contributed by atoms with Crippen molar-refractivity contribution in [3.05, 3.63) is 60.2 Å². The van der Waals surface area contributed by atoms with Gasteiger partial charge in [-0.2, -0.15) is 0 Å². The van der Waals surface area contributed by atoms with E-state index < -0.39 is 0 Å². The van der Waals surface area contributed by atoms with Crippen LogP contribution in [0.1, 0.15) is 5.56 Å². The molecular formula is C15H14FN3. The Bertz CT molecular complexity index is 718. The molecule has 4 heteroatoms. The number of fused-ring (bicyclic) bond motifs is 1. The minimum Gasteiger partial charge on any atom is -0.330 e. The molecule has 2 N–H and O–H groups in total. The van der Waals surface area contributed by atoms with Gasteiger partial charge in [-0.1, -0.05) is 18.2 Å². The molecule has 0 aliphatic carbocycles. The third kappa shape index (κ3) is 2.11. The van der Waals surface area contributed by atoms with Crippen LogP contribution < -0.4 is 5.73 Å². The van der Waals surface area contributed by atoms with E-state index in [9.17, 15) is 4.39 Å². The van der Waals surface area contributed by atoms with Gasteiger partial charge in [-0.3, -0.25) is 4.57 Å². The molecule has 0 aliphatic heterocycles. The number of nitrogens with two attached hydrogens (primary N) is 1. The summed E-state index contributed by atoms with van der Waals surface area (Å²) in [5.41, 5.74) is 8.65. The predicted molar refractivity (Wildman–Crippen MR) is 73.8 cm³/mol. The third-order valence-corrected chi connectivity index (χ3v) is 3.16. The summed E-state index contributed by atoms with van der Waals surface area (Å²) in [6.07, 6.45) is 2.33. The van der Waals surface area contributed by atoms with Gasteiger partial charge in [0.1, 0.15) is 12.1 Å². The van der Waals surface area contributed by atoms with E-state index in [1.165, 1.54) is 6.07 Å². The van der Waals surface area contributed by atoms with E-state index in [2.05, 4.69) is 4.98 Å². The molecule has 0 radical (unpaired) electrons. The lowest BCUT2D eigenvalue weighted by Gasteiger charge is -2.07. The van der Waals surface area contributed by atoms with Gasteiger partial charge in [0.2, 0.25) is 0 Å². The fourth-order valence-corrected chi connectivity index (χ4v) is 2.22. The maximum atomic E-state index is 14.2. The quantitative estimate of drug-likeness (QED) is 0.782. The Kier molecular flexibility index (Phi) is 3.01. The molecule has 3 aromatic rings. The van der Waals surface area contributed by atoms with Crippen LogP contribution in [0.15, 0.2) is 48.8 Å². The normalized spacial score (nSPS) is 11.1. The number of benzene rings is 2. The van der Waals surface area contributed by atoms with Gasteiger partial charge >= 0.3 is 0 Å². The third-order valence-electron chi connectivity index (χ3n) is 3.16. The van der Waals surface area contributed by atoms with Crippen LogP contribution in [0, 0.1) is 5.82 Å². The van der Waals surface area contributed by atoms with E-state index in [-0.39, 0.29) is 5.82 Å². The van der Waals surface area contributed by atoms with Crippen LogP contribution in [0.3, 0.4) is 0 Å². The summed E-state index contributed by atoms with van der Waals surface area (Å²) in [5, 5.41) is 0. The molecule has 0 saturated heterocycles. The smallest absolute Gasteiger partial charge is 0.147 e. The van der Waals surface area contributed by atoms with Crippen LogP contribution in [0.4, 0.5) is 4.39 Å². The van der Waals surface area contributed by atoms with Crippen molar-refractivity contribution >= 4 is 11.0 Å². The van der Waals surface area contributed by atoms with Gasteiger partial charge in [-0.15, -0.1) is 0 Å². The van der Waals surface area contributed by atoms with E-state index in [0.29, 0.717) is 18.7 Å². The molecule has 0 fully saturated rings. The van der Waals surface area contributed by atoms with Crippen molar-refractivity contribution in [2.24, 2.45) is 5.73 Å². The molecule has 96 valence electrons. The fourth-order valence-electron chi connectivity index (χ4n) is 2.22. The summed E-state index contributed by atoms with van der Waals surface area (Å²) >= 11 is 0. The zero-order valence-electron chi connectivity index (χ0n) is 10.4. The number of rotatable bonds is 3. The lowest BCUT2D eigenvalue weighted by molar-refractivity contribution is 0.617. The van der Waals surface area contributed by atoms with Crippen molar-refractivity contribution in [2.45, 2.75) is 6.42 Å². The molecule has 2 aromatic carbocycles. The topological polar surface area (TPSA) is 43.8 Å². The largest absolute Gasteiger partial charge is 0.330 e. The standard InChI is InChI=1S/C15H14FN3/c16-12-9-11(7-8-17)5-6-14(12)19-10-18-13-3-1-2-4-15(13)19/h1-6,9-10H,7-8,17H2. The Morgan fingerprint density at radius 3 is 2.79 bits per heavy atom. The van der Waals surface area contributed by atoms with Gasteiger partial charge in [0.25, 0.3) is 0 Å². The second-order valence-electron chi connectivity index (χ2n) is 4.43. The van der Waals surface area contributed by atoms with Crippen molar-refractivity contribution in [2.75, 3.05) is 6.54 Å². The maximum absolute atomic E-state index is 14.2. The van der Waals surface area contributed by atoms with Gasteiger partial charge in [0.15, 0.2) is 0 Å². The van der Waals surface area contributed by atoms with Gasteiger partial charge in [0.05, 0.1) is 16.7 Å². The Morgan fingerprint density at radius 2 is 2.00 bits per heavy atom. The lowest BCUT2D eigenvalue weighted by atomic mass is 10.1. The summed E-state index contributed by atoms with van der Waals surface area (Å²) in [7, 11) is 0. The second-order valence-corrected chi connectivity index (χ2v) is 4.43. The zero-order chi connectivity index (χ0) is 13.2. The van der Waals surface area contributed by atoms with Crippen LogP contribution in [0.5, 0.6) is 0 Å². The van der Waals surface area contributed by atoms with Crippen LogP contribution in [-0.2, 0) is 6.42 Å². The highest BCUT2D eigenvalue weighted by atomic mass is 19.1. The van der Waals surface area contributed by atoms with Crippen LogP contribution >= 0.6 is 0 Å². The first kappa shape index (κ1) is 11.9. The highest BCUT2D eigenvalue weighted by molar-refractivity contribution is 5.77. The van der Waals surface area contributed by atoms with Gasteiger partial charge in [-0.25, -0.2) is 9.37 Å². The number of hydrogen-bond acceptors (Lipinski definition) is 2. The Morgan fingerprint density at radius 1 is 1.16 bits per heavy atom. The van der Waals surface area contributed by atoms with Gasteiger partial charge in [-0.05, 0) is 42.8 Å². The summed E-state index contributed by atoms with van der Waals surface area (Å²) < 4.78 is 15.9. The van der Waals surface area contributed by atoms with Crippen LogP contribution in [0.25, 0.3) is 16.7 Å². The molecule has 1 heterocycles. The van der Waals surface area contributed by atoms with Gasteiger partial charge < -0.3 is 5.73 Å². The molecule has 1 aromatic heterocycles. The van der Waals surface area contributed by atoms with E-state index in [4.69, 9.17) is 5.73 Å². The first-order valence-electron chi connectivity index (χ1n) is 6.20. The SMILES string of the molecule is NCCc1ccc(-n2cnc3ccccc32)c(F)c1. The molecule has 0 unspecified atom stereocenters. The number of nitrogens with zero attached hydrogens (tertiary/aromatic N) is 2. The molecule has 0 saturated carbocycles. The molecule has 0 bridgehead atoms. The highest BCUT2D eigenvalue weighted by Gasteiger charge is 2.09. The predicted octanol–water partition coefficient (Wildman–Crippen LogP) is 2.67. The zero-order valence-corrected chi connectivity index (χ0v) is 10.4. The average molecular weight is 255 g/mol. The summed E-state index contributed by atoms with van der Waals surface area (Å²) in [6, 6.07) is 12.9. The van der Waals surface area contributed by atoms with Crippen LogP contribution in [-0.4, -0.2) is 16.1 Å². The summed E-state index contributed by atoms with van der Waals surface area (Å²) in [5.74, 6) is -0.255. The average Bonchev–Trinajstić information content (AvgIpc) is 2.83. The monoisotopic (exact) mass is 255 g/mol. The molecule has 3 rings (SSSR count). The minimum atomic E-state index is -0.255. The van der Waals surface area contributed by atoms with E-state index in [0.717, 1.165) is 16.6 Å². The van der Waals surface area contributed by atoms with Crippen molar-refractivity contribution in [1.29, 1.82) is 0 Å². The molecule has 0 amide bonds. The molecule has 0 atom stereocenters. The number of imidazole rings is 1. The summed E-state index contributed by atoms with van der Waals surface area (Å²) in [6.45, 7) is 0.521. The lowest BCUT2D eigenvalue weighted by Crippen LogP contribution is -2.04. The number of aromatic nitrogens is 2. The number of hydrogen-bond donors (Lipinski definition) is 1. The first-order chi connectivity index (χ1) is 9.29. The molecule has 3 nitrogen and oxygen atoms in total. The number of para-hydroxylation sites is 2. The van der Waals surface area contributed by atoms with E-state index in [1.807, 2.05) is 30.3 Å². The minimum absolute atomic E-state index is 0.255. The van der Waals surface area contributed by atoms with Crippen molar-refractivity contribution < 1.29 is 4.39 Å². The Balaban J connectivity index is 2.11. The number of halogens is 1. The van der Waals surface area contributed by atoms with Crippen molar-refractivity contribution in [1.82, 2.24) is 9.55 Å². The van der Waals surface area contributed by atoms with E-state index >= 15 is 0 Å². The van der Waals surface area contributed by atoms with Gasteiger partial charge in [0, 0.05) is 0 Å². The van der Waals surface area contributed by atoms with Crippen LogP contribution in [0.2, 0.25) is 0 Å². The Labute approximate surface area is 110 Å². The molecule has 19 heavy (non-hydrogen) atoms. The van der Waals surface area contributed by atoms with Crippen molar-refractivity contribution in [3.63, 3.8) is 0 Å².